The highest BCUT2D eigenvalue weighted by Crippen LogP contribution is 2.17. The predicted octanol–water partition coefficient (Wildman–Crippen LogP) is 1.68. The largest absolute Gasteiger partial charge is 0.492 e. The number of carbonyl (C=O) groups is 1. The second-order valence-electron chi connectivity index (χ2n) is 5.63. The van der Waals surface area contributed by atoms with Gasteiger partial charge in [0.1, 0.15) is 12.4 Å². The minimum absolute atomic E-state index is 0.159. The minimum atomic E-state index is -3.28. The molecular formula is C15H23N3O4S. The van der Waals surface area contributed by atoms with Gasteiger partial charge in [0.2, 0.25) is 10.0 Å². The first-order valence-corrected chi connectivity index (χ1v) is 9.56. The van der Waals surface area contributed by atoms with Crippen LogP contribution in [0.1, 0.15) is 25.7 Å². The van der Waals surface area contributed by atoms with Gasteiger partial charge in [-0.25, -0.2) is 13.2 Å². The Balaban J connectivity index is 1.64. The third kappa shape index (κ3) is 6.77. The molecule has 0 unspecified atom stereocenters. The van der Waals surface area contributed by atoms with E-state index in [9.17, 15) is 13.2 Å². The number of amides is 2. The Kier molecular flexibility index (Phi) is 6.09. The molecule has 2 amide bonds. The van der Waals surface area contributed by atoms with Crippen molar-refractivity contribution >= 4 is 21.7 Å². The van der Waals surface area contributed by atoms with Gasteiger partial charge in [-0.15, -0.1) is 0 Å². The van der Waals surface area contributed by atoms with Gasteiger partial charge in [-0.2, -0.15) is 0 Å². The average Bonchev–Trinajstić information content (AvgIpc) is 2.96. The van der Waals surface area contributed by atoms with Crippen molar-refractivity contribution in [2.75, 3.05) is 24.1 Å². The van der Waals surface area contributed by atoms with Crippen LogP contribution in [0.3, 0.4) is 0 Å². The monoisotopic (exact) mass is 341 g/mol. The summed E-state index contributed by atoms with van der Waals surface area (Å²) in [4.78, 5) is 11.6. The molecule has 3 N–H and O–H groups in total. The molecule has 23 heavy (non-hydrogen) atoms. The Hall–Kier alpha value is -1.96. The molecule has 7 nitrogen and oxygen atoms in total. The van der Waals surface area contributed by atoms with Crippen molar-refractivity contribution in [3.8, 4) is 5.75 Å². The predicted molar refractivity (Wildman–Crippen MR) is 89.2 cm³/mol. The molecular weight excluding hydrogens is 318 g/mol. The van der Waals surface area contributed by atoms with Crippen molar-refractivity contribution in [2.24, 2.45) is 0 Å². The van der Waals surface area contributed by atoms with Gasteiger partial charge in [0.15, 0.2) is 0 Å². The summed E-state index contributed by atoms with van der Waals surface area (Å²) >= 11 is 0. The summed E-state index contributed by atoms with van der Waals surface area (Å²) in [6, 6.07) is 6.73. The van der Waals surface area contributed by atoms with E-state index in [0.717, 1.165) is 19.1 Å². The summed E-state index contributed by atoms with van der Waals surface area (Å²) < 4.78 is 30.1. The van der Waals surface area contributed by atoms with Crippen molar-refractivity contribution < 1.29 is 17.9 Å². The van der Waals surface area contributed by atoms with Gasteiger partial charge in [-0.1, -0.05) is 12.8 Å². The Morgan fingerprint density at radius 2 is 1.87 bits per heavy atom. The van der Waals surface area contributed by atoms with E-state index < -0.39 is 10.0 Å². The minimum Gasteiger partial charge on any atom is -0.492 e. The molecule has 1 fully saturated rings. The first-order valence-electron chi connectivity index (χ1n) is 7.67. The van der Waals surface area contributed by atoms with Gasteiger partial charge in [0, 0.05) is 11.7 Å². The fraction of sp³-hybridized carbons (Fsp3) is 0.533. The molecule has 0 saturated heterocycles. The Bertz CT molecular complexity index is 610. The zero-order chi connectivity index (χ0) is 16.7. The average molecular weight is 341 g/mol. The highest BCUT2D eigenvalue weighted by Gasteiger charge is 2.16. The lowest BCUT2D eigenvalue weighted by Crippen LogP contribution is -2.42. The summed E-state index contributed by atoms with van der Waals surface area (Å²) in [6.07, 6.45) is 5.56. The molecule has 0 aromatic heterocycles. The number of hydrogen-bond donors (Lipinski definition) is 3. The normalized spacial score (nSPS) is 15.2. The molecule has 0 spiro atoms. The zero-order valence-electron chi connectivity index (χ0n) is 13.2. The van der Waals surface area contributed by atoms with Gasteiger partial charge in [0.05, 0.1) is 12.8 Å². The van der Waals surface area contributed by atoms with Crippen molar-refractivity contribution in [1.82, 2.24) is 10.6 Å². The maximum absolute atomic E-state index is 11.6. The first kappa shape index (κ1) is 17.4. The van der Waals surface area contributed by atoms with E-state index in [0.29, 0.717) is 30.6 Å². The summed E-state index contributed by atoms with van der Waals surface area (Å²) in [5.41, 5.74) is 0.480. The SMILES string of the molecule is CS(=O)(=O)Nc1ccc(OCCNC(=O)NC2CCCC2)cc1. The molecule has 1 aliphatic rings. The van der Waals surface area contributed by atoms with Crippen LogP contribution in [0.2, 0.25) is 0 Å². The van der Waals surface area contributed by atoms with E-state index in [1.54, 1.807) is 24.3 Å². The van der Waals surface area contributed by atoms with Crippen LogP contribution in [0, 0.1) is 0 Å². The van der Waals surface area contributed by atoms with Crippen LogP contribution in [0.4, 0.5) is 10.5 Å². The number of urea groups is 1. The molecule has 1 aliphatic carbocycles. The Morgan fingerprint density at radius 1 is 1.22 bits per heavy atom. The van der Waals surface area contributed by atoms with Gasteiger partial charge >= 0.3 is 6.03 Å². The second-order valence-corrected chi connectivity index (χ2v) is 7.38. The van der Waals surface area contributed by atoms with Crippen LogP contribution in [0.25, 0.3) is 0 Å². The molecule has 2 rings (SSSR count). The summed E-state index contributed by atoms with van der Waals surface area (Å²) in [5, 5.41) is 5.69. The third-order valence-electron chi connectivity index (χ3n) is 3.50. The molecule has 128 valence electrons. The number of carbonyl (C=O) groups excluding carboxylic acids is 1. The summed E-state index contributed by atoms with van der Waals surface area (Å²) in [6.45, 7) is 0.749. The van der Waals surface area contributed by atoms with E-state index >= 15 is 0 Å². The quantitative estimate of drug-likeness (QED) is 0.657. The maximum atomic E-state index is 11.6. The number of anilines is 1. The van der Waals surface area contributed by atoms with Crippen LogP contribution in [0.15, 0.2) is 24.3 Å². The highest BCUT2D eigenvalue weighted by atomic mass is 32.2. The van der Waals surface area contributed by atoms with Crippen molar-refractivity contribution in [1.29, 1.82) is 0 Å². The molecule has 0 atom stereocenters. The van der Waals surface area contributed by atoms with Crippen LogP contribution in [-0.2, 0) is 10.0 Å². The van der Waals surface area contributed by atoms with Gasteiger partial charge in [0.25, 0.3) is 0 Å². The number of hydrogen-bond acceptors (Lipinski definition) is 4. The van der Waals surface area contributed by atoms with Gasteiger partial charge in [-0.3, -0.25) is 4.72 Å². The van der Waals surface area contributed by atoms with E-state index in [2.05, 4.69) is 15.4 Å². The number of benzene rings is 1. The van der Waals surface area contributed by atoms with E-state index in [1.807, 2.05) is 0 Å². The Morgan fingerprint density at radius 3 is 2.48 bits per heavy atom. The molecule has 0 heterocycles. The van der Waals surface area contributed by atoms with Gasteiger partial charge in [-0.05, 0) is 37.1 Å². The van der Waals surface area contributed by atoms with Crippen LogP contribution in [-0.4, -0.2) is 39.9 Å². The molecule has 0 aliphatic heterocycles. The van der Waals surface area contributed by atoms with Crippen molar-refractivity contribution in [2.45, 2.75) is 31.7 Å². The molecule has 8 heteroatoms. The standard InChI is InChI=1S/C15H23N3O4S/c1-23(20,21)18-13-6-8-14(9-7-13)22-11-10-16-15(19)17-12-4-2-3-5-12/h6-9,12,18H,2-5,10-11H2,1H3,(H2,16,17,19). The van der Waals surface area contributed by atoms with Crippen LogP contribution >= 0.6 is 0 Å². The van der Waals surface area contributed by atoms with Crippen LogP contribution < -0.4 is 20.1 Å². The number of sulfonamides is 1. The molecule has 0 bridgehead atoms. The second kappa shape index (κ2) is 8.05. The lowest BCUT2D eigenvalue weighted by Gasteiger charge is -2.13. The smallest absolute Gasteiger partial charge is 0.315 e. The number of rotatable bonds is 7. The van der Waals surface area contributed by atoms with Gasteiger partial charge < -0.3 is 15.4 Å². The highest BCUT2D eigenvalue weighted by molar-refractivity contribution is 7.92. The summed E-state index contributed by atoms with van der Waals surface area (Å²) in [7, 11) is -3.28. The maximum Gasteiger partial charge on any atom is 0.315 e. The fourth-order valence-corrected chi connectivity index (χ4v) is 3.04. The van der Waals surface area contributed by atoms with E-state index in [1.165, 1.54) is 12.8 Å². The number of ether oxygens (including phenoxy) is 1. The zero-order valence-corrected chi connectivity index (χ0v) is 14.0. The topological polar surface area (TPSA) is 96.5 Å². The lowest BCUT2D eigenvalue weighted by molar-refractivity contribution is 0.233. The lowest BCUT2D eigenvalue weighted by atomic mass is 10.2. The molecule has 0 radical (unpaired) electrons. The molecule has 1 saturated carbocycles. The summed E-state index contributed by atoms with van der Waals surface area (Å²) in [5.74, 6) is 0.613. The van der Waals surface area contributed by atoms with Crippen LogP contribution in [0.5, 0.6) is 5.75 Å². The molecule has 1 aromatic carbocycles. The molecule has 1 aromatic rings. The van der Waals surface area contributed by atoms with E-state index in [4.69, 9.17) is 4.74 Å². The van der Waals surface area contributed by atoms with Crippen molar-refractivity contribution in [3.63, 3.8) is 0 Å². The Labute approximate surface area is 136 Å². The van der Waals surface area contributed by atoms with E-state index in [-0.39, 0.29) is 6.03 Å². The fourth-order valence-electron chi connectivity index (χ4n) is 2.47. The third-order valence-corrected chi connectivity index (χ3v) is 4.11. The van der Waals surface area contributed by atoms with Crippen molar-refractivity contribution in [3.05, 3.63) is 24.3 Å². The number of nitrogens with one attached hydrogen (secondary N) is 3. The first-order chi connectivity index (χ1) is 10.9.